The molecule has 1 amide bonds. The molecule has 1 N–H and O–H groups in total. The second-order valence-electron chi connectivity index (χ2n) is 4.55. The molecule has 0 unspecified atom stereocenters. The Morgan fingerprint density at radius 1 is 1.29 bits per heavy atom. The van der Waals surface area contributed by atoms with E-state index in [1.165, 1.54) is 14.0 Å². The molecule has 6 nitrogen and oxygen atoms in total. The van der Waals surface area contributed by atoms with Crippen LogP contribution in [0.25, 0.3) is 5.65 Å². The van der Waals surface area contributed by atoms with Gasteiger partial charge in [0.2, 0.25) is 5.91 Å². The highest BCUT2D eigenvalue weighted by Gasteiger charge is 2.09. The lowest BCUT2D eigenvalue weighted by Gasteiger charge is -2.03. The maximum Gasteiger partial charge on any atom is 0.350 e. The maximum absolute atomic E-state index is 12.0. The molecule has 3 heterocycles. The first-order valence-electron chi connectivity index (χ1n) is 6.57. The summed E-state index contributed by atoms with van der Waals surface area (Å²) in [7, 11) is 0. The van der Waals surface area contributed by atoms with Gasteiger partial charge in [0, 0.05) is 17.6 Å². The summed E-state index contributed by atoms with van der Waals surface area (Å²) in [4.78, 5) is 25.1. The van der Waals surface area contributed by atoms with E-state index in [1.807, 2.05) is 17.5 Å². The third-order valence-corrected chi connectivity index (χ3v) is 3.99. The molecule has 0 aliphatic carbocycles. The summed E-state index contributed by atoms with van der Waals surface area (Å²) < 4.78 is 2.59. The Morgan fingerprint density at radius 2 is 2.19 bits per heavy atom. The van der Waals surface area contributed by atoms with Crippen molar-refractivity contribution >= 4 is 22.9 Å². The van der Waals surface area contributed by atoms with Gasteiger partial charge in [-0.15, -0.1) is 16.4 Å². The van der Waals surface area contributed by atoms with Gasteiger partial charge in [-0.3, -0.25) is 9.20 Å². The summed E-state index contributed by atoms with van der Waals surface area (Å²) in [5, 5.41) is 8.93. The summed E-state index contributed by atoms with van der Waals surface area (Å²) in [6.07, 6.45) is 2.43. The molecule has 0 aliphatic heterocycles. The lowest BCUT2D eigenvalue weighted by atomic mass is 10.3. The van der Waals surface area contributed by atoms with E-state index < -0.39 is 0 Å². The van der Waals surface area contributed by atoms with Crippen LogP contribution >= 0.6 is 11.3 Å². The maximum atomic E-state index is 12.0. The van der Waals surface area contributed by atoms with Crippen LogP contribution in [0.15, 0.2) is 46.7 Å². The van der Waals surface area contributed by atoms with Crippen LogP contribution in [0.3, 0.4) is 0 Å². The van der Waals surface area contributed by atoms with Crippen molar-refractivity contribution in [1.29, 1.82) is 0 Å². The Morgan fingerprint density at radius 3 is 2.95 bits per heavy atom. The number of hydrogen-bond acceptors (Lipinski definition) is 4. The standard InChI is InChI=1S/C14H14N4O2S/c19-13(15-7-6-11-4-3-9-21-11)10-18-14(20)17-8-2-1-5-12(17)16-18/h1-5,8-9H,6-7,10H2,(H,15,19). The van der Waals surface area contributed by atoms with Crippen LogP contribution in [0, 0.1) is 0 Å². The molecule has 0 saturated heterocycles. The lowest BCUT2D eigenvalue weighted by Crippen LogP contribution is -2.33. The first kappa shape index (κ1) is 13.6. The largest absolute Gasteiger partial charge is 0.354 e. The van der Waals surface area contributed by atoms with Gasteiger partial charge in [-0.2, -0.15) is 0 Å². The number of rotatable bonds is 5. The van der Waals surface area contributed by atoms with Gasteiger partial charge in [0.05, 0.1) is 0 Å². The monoisotopic (exact) mass is 302 g/mol. The number of fused-ring (bicyclic) bond motifs is 1. The lowest BCUT2D eigenvalue weighted by molar-refractivity contribution is -0.121. The summed E-state index contributed by atoms with van der Waals surface area (Å²) in [6, 6.07) is 9.29. The Labute approximate surface area is 124 Å². The van der Waals surface area contributed by atoms with Crippen molar-refractivity contribution in [3.05, 3.63) is 57.3 Å². The summed E-state index contributed by atoms with van der Waals surface area (Å²) in [6.45, 7) is 0.492. The molecule has 3 rings (SSSR count). The van der Waals surface area contributed by atoms with Crippen molar-refractivity contribution in [1.82, 2.24) is 19.5 Å². The highest BCUT2D eigenvalue weighted by atomic mass is 32.1. The average molecular weight is 302 g/mol. The zero-order chi connectivity index (χ0) is 14.7. The molecular weight excluding hydrogens is 288 g/mol. The van der Waals surface area contributed by atoms with Crippen LogP contribution in [0.4, 0.5) is 0 Å². The number of nitrogens with one attached hydrogen (secondary N) is 1. The summed E-state index contributed by atoms with van der Waals surface area (Å²) >= 11 is 1.66. The van der Waals surface area contributed by atoms with Crippen molar-refractivity contribution in [2.24, 2.45) is 0 Å². The molecule has 0 radical (unpaired) electrons. The number of pyridine rings is 1. The van der Waals surface area contributed by atoms with Crippen molar-refractivity contribution < 1.29 is 4.79 Å². The SMILES string of the molecule is O=C(Cn1nc2ccccn2c1=O)NCCc1cccs1. The average Bonchev–Trinajstić information content (AvgIpc) is 3.09. The van der Waals surface area contributed by atoms with Gasteiger partial charge in [0.15, 0.2) is 5.65 Å². The summed E-state index contributed by atoms with van der Waals surface area (Å²) in [5.74, 6) is -0.211. The van der Waals surface area contributed by atoms with Crippen LogP contribution in [0.5, 0.6) is 0 Å². The minimum absolute atomic E-state index is 0.0645. The number of amides is 1. The van der Waals surface area contributed by atoms with Gasteiger partial charge in [0.25, 0.3) is 0 Å². The van der Waals surface area contributed by atoms with E-state index in [2.05, 4.69) is 10.4 Å². The fraction of sp³-hybridized carbons (Fsp3) is 0.214. The Bertz CT molecular complexity index is 804. The van der Waals surface area contributed by atoms with Crippen LogP contribution in [-0.2, 0) is 17.8 Å². The van der Waals surface area contributed by atoms with E-state index in [9.17, 15) is 9.59 Å². The molecule has 0 bridgehead atoms. The molecule has 0 aliphatic rings. The molecule has 0 saturated carbocycles. The van der Waals surface area contributed by atoms with Gasteiger partial charge >= 0.3 is 5.69 Å². The third-order valence-electron chi connectivity index (χ3n) is 3.06. The molecular formula is C14H14N4O2S. The van der Waals surface area contributed by atoms with E-state index in [-0.39, 0.29) is 18.1 Å². The highest BCUT2D eigenvalue weighted by Crippen LogP contribution is 2.07. The number of carbonyl (C=O) groups excluding carboxylic acids is 1. The van der Waals surface area contributed by atoms with Crippen LogP contribution in [0.1, 0.15) is 4.88 Å². The van der Waals surface area contributed by atoms with Crippen LogP contribution in [-0.4, -0.2) is 26.6 Å². The van der Waals surface area contributed by atoms with Gasteiger partial charge in [-0.25, -0.2) is 9.48 Å². The van der Waals surface area contributed by atoms with E-state index in [1.54, 1.807) is 35.7 Å². The molecule has 108 valence electrons. The highest BCUT2D eigenvalue weighted by molar-refractivity contribution is 7.09. The predicted molar refractivity (Wildman–Crippen MR) is 80.5 cm³/mol. The molecule has 3 aromatic heterocycles. The summed E-state index contributed by atoms with van der Waals surface area (Å²) in [5.41, 5.74) is 0.230. The third kappa shape index (κ3) is 3.03. The van der Waals surface area contributed by atoms with Crippen LogP contribution < -0.4 is 11.0 Å². The fourth-order valence-corrected chi connectivity index (χ4v) is 2.75. The minimum Gasteiger partial charge on any atom is -0.354 e. The van der Waals surface area contributed by atoms with Crippen molar-refractivity contribution in [2.75, 3.05) is 6.54 Å². The molecule has 0 atom stereocenters. The topological polar surface area (TPSA) is 68.4 Å². The number of nitrogens with zero attached hydrogens (tertiary/aromatic N) is 3. The van der Waals surface area contributed by atoms with Gasteiger partial charge in [0.1, 0.15) is 6.54 Å². The second kappa shape index (κ2) is 5.92. The van der Waals surface area contributed by atoms with Crippen molar-refractivity contribution in [2.45, 2.75) is 13.0 Å². The zero-order valence-corrected chi connectivity index (χ0v) is 12.0. The number of thiophene rings is 1. The molecule has 0 spiro atoms. The first-order valence-corrected chi connectivity index (χ1v) is 7.45. The molecule has 7 heteroatoms. The predicted octanol–water partition coefficient (Wildman–Crippen LogP) is 0.916. The molecule has 0 aromatic carbocycles. The number of aromatic nitrogens is 3. The molecule has 0 fully saturated rings. The Hall–Kier alpha value is -2.41. The van der Waals surface area contributed by atoms with Gasteiger partial charge in [-0.1, -0.05) is 12.1 Å². The van der Waals surface area contributed by atoms with Gasteiger partial charge < -0.3 is 5.32 Å². The fourth-order valence-electron chi connectivity index (χ4n) is 2.04. The van der Waals surface area contributed by atoms with E-state index >= 15 is 0 Å². The first-order chi connectivity index (χ1) is 10.2. The van der Waals surface area contributed by atoms with E-state index in [4.69, 9.17) is 0 Å². The van der Waals surface area contributed by atoms with Crippen LogP contribution in [0.2, 0.25) is 0 Å². The number of hydrogen-bond donors (Lipinski definition) is 1. The molecule has 21 heavy (non-hydrogen) atoms. The normalized spacial score (nSPS) is 10.9. The Balaban J connectivity index is 1.61. The molecule has 3 aromatic rings. The zero-order valence-electron chi connectivity index (χ0n) is 11.2. The van der Waals surface area contributed by atoms with Gasteiger partial charge in [-0.05, 0) is 30.0 Å². The minimum atomic E-state index is -0.306. The van der Waals surface area contributed by atoms with E-state index in [0.29, 0.717) is 12.2 Å². The second-order valence-corrected chi connectivity index (χ2v) is 5.58. The smallest absolute Gasteiger partial charge is 0.350 e. The van der Waals surface area contributed by atoms with Crippen molar-refractivity contribution in [3.63, 3.8) is 0 Å². The van der Waals surface area contributed by atoms with E-state index in [0.717, 1.165) is 6.42 Å². The Kier molecular flexibility index (Phi) is 3.83. The van der Waals surface area contributed by atoms with Crippen molar-refractivity contribution in [3.8, 4) is 0 Å². The quantitative estimate of drug-likeness (QED) is 0.762. The number of carbonyl (C=O) groups is 1.